The normalized spacial score (nSPS) is 11.6. The number of para-hydroxylation sites is 4. The Bertz CT molecular complexity index is 901. The zero-order valence-electron chi connectivity index (χ0n) is 9.45. The molecule has 0 amide bonds. The predicted octanol–water partition coefficient (Wildman–Crippen LogP) is 2.48. The number of fused-ring (bicyclic) bond motifs is 5. The molecule has 0 aliphatic carbocycles. The lowest BCUT2D eigenvalue weighted by Gasteiger charge is -1.93. The Morgan fingerprint density at radius 1 is 0.889 bits per heavy atom. The van der Waals surface area contributed by atoms with Crippen molar-refractivity contribution >= 4 is 34.3 Å². The summed E-state index contributed by atoms with van der Waals surface area (Å²) >= 11 is 0. The fraction of sp³-hybridized carbons (Fsp3) is 0. The van der Waals surface area contributed by atoms with E-state index in [2.05, 4.69) is 4.98 Å². The minimum Gasteiger partial charge on any atom is -0.278 e. The molecule has 18 heavy (non-hydrogen) atoms. The molecule has 4 nitrogen and oxygen atoms in total. The van der Waals surface area contributed by atoms with Crippen molar-refractivity contribution in [3.63, 3.8) is 0 Å². The number of nitrogens with zero attached hydrogens (tertiary/aromatic N) is 3. The smallest absolute Gasteiger partial charge is 0.222 e. The molecule has 0 radical (unpaired) electrons. The van der Waals surface area contributed by atoms with E-state index < -0.39 is 0 Å². The summed E-state index contributed by atoms with van der Waals surface area (Å²) in [5.74, 6) is 0.660. The van der Waals surface area contributed by atoms with Crippen molar-refractivity contribution in [1.82, 2.24) is 14.0 Å². The highest BCUT2D eigenvalue weighted by molar-refractivity contribution is 5.94. The van der Waals surface area contributed by atoms with Gasteiger partial charge >= 0.3 is 0 Å². The number of rotatable bonds is 1. The Morgan fingerprint density at radius 3 is 2.33 bits per heavy atom. The summed E-state index contributed by atoms with van der Waals surface area (Å²) in [5, 5.41) is 0. The van der Waals surface area contributed by atoms with Gasteiger partial charge in [-0.25, -0.2) is 4.98 Å². The van der Waals surface area contributed by atoms with Gasteiger partial charge in [0.25, 0.3) is 0 Å². The van der Waals surface area contributed by atoms with Crippen LogP contribution >= 0.6 is 0 Å². The van der Waals surface area contributed by atoms with E-state index in [1.54, 1.807) is 4.57 Å². The van der Waals surface area contributed by atoms with Gasteiger partial charge in [0.1, 0.15) is 0 Å². The van der Waals surface area contributed by atoms with Crippen LogP contribution in [-0.4, -0.2) is 20.4 Å². The number of benzene rings is 2. The molecule has 4 rings (SSSR count). The number of imidazole rings is 2. The second-order valence-electron chi connectivity index (χ2n) is 4.20. The molecule has 0 bridgehead atoms. The summed E-state index contributed by atoms with van der Waals surface area (Å²) in [6, 6.07) is 15.7. The van der Waals surface area contributed by atoms with E-state index in [1.165, 1.54) is 0 Å². The van der Waals surface area contributed by atoms with Gasteiger partial charge < -0.3 is 0 Å². The van der Waals surface area contributed by atoms with Crippen molar-refractivity contribution in [2.24, 2.45) is 0 Å². The van der Waals surface area contributed by atoms with Crippen LogP contribution in [0.5, 0.6) is 0 Å². The first kappa shape index (κ1) is 9.41. The van der Waals surface area contributed by atoms with Gasteiger partial charge in [-0.2, -0.15) is 0 Å². The summed E-state index contributed by atoms with van der Waals surface area (Å²) in [4.78, 5) is 15.8. The van der Waals surface area contributed by atoms with Gasteiger partial charge in [-0.1, -0.05) is 24.3 Å². The van der Waals surface area contributed by atoms with Gasteiger partial charge in [-0.3, -0.25) is 13.8 Å². The summed E-state index contributed by atoms with van der Waals surface area (Å²) in [7, 11) is 0. The third-order valence-electron chi connectivity index (χ3n) is 3.25. The molecule has 0 fully saturated rings. The van der Waals surface area contributed by atoms with Crippen LogP contribution < -0.4 is 0 Å². The SMILES string of the molecule is O=Cn1c2ccccc2n2c3ccccc3nc12. The topological polar surface area (TPSA) is 39.3 Å². The predicted molar refractivity (Wildman–Crippen MR) is 70.3 cm³/mol. The lowest BCUT2D eigenvalue weighted by atomic mass is 10.3. The van der Waals surface area contributed by atoms with Gasteiger partial charge in [-0.05, 0) is 24.3 Å². The van der Waals surface area contributed by atoms with Crippen molar-refractivity contribution in [2.75, 3.05) is 0 Å². The third kappa shape index (κ3) is 0.996. The van der Waals surface area contributed by atoms with E-state index in [1.807, 2.05) is 52.9 Å². The van der Waals surface area contributed by atoms with Crippen LogP contribution in [0.25, 0.3) is 27.8 Å². The van der Waals surface area contributed by atoms with E-state index in [9.17, 15) is 4.79 Å². The molecular weight excluding hydrogens is 226 g/mol. The molecule has 4 heteroatoms. The fourth-order valence-corrected chi connectivity index (χ4v) is 2.48. The van der Waals surface area contributed by atoms with Gasteiger partial charge in [0, 0.05) is 0 Å². The second kappa shape index (κ2) is 3.20. The summed E-state index contributed by atoms with van der Waals surface area (Å²) in [6.07, 6.45) is 0.809. The Kier molecular flexibility index (Phi) is 1.67. The van der Waals surface area contributed by atoms with Crippen LogP contribution in [0.3, 0.4) is 0 Å². The number of hydrogen-bond acceptors (Lipinski definition) is 2. The van der Waals surface area contributed by atoms with Crippen LogP contribution in [0.4, 0.5) is 0 Å². The lowest BCUT2D eigenvalue weighted by molar-refractivity contribution is 0.550. The fourth-order valence-electron chi connectivity index (χ4n) is 2.48. The van der Waals surface area contributed by atoms with E-state index in [0.717, 1.165) is 28.5 Å². The van der Waals surface area contributed by atoms with Gasteiger partial charge in [0.05, 0.1) is 22.1 Å². The van der Waals surface area contributed by atoms with Crippen LogP contribution in [0, 0.1) is 0 Å². The number of carbonyl (C=O) groups is 1. The maximum atomic E-state index is 11.3. The highest BCUT2D eigenvalue weighted by atomic mass is 16.1. The first-order chi connectivity index (χ1) is 8.90. The molecule has 0 saturated carbocycles. The van der Waals surface area contributed by atoms with Crippen LogP contribution in [0.15, 0.2) is 48.5 Å². The van der Waals surface area contributed by atoms with Gasteiger partial charge in [0.2, 0.25) is 12.2 Å². The molecule has 0 saturated heterocycles. The lowest BCUT2D eigenvalue weighted by Crippen LogP contribution is -1.94. The van der Waals surface area contributed by atoms with Gasteiger partial charge in [0.15, 0.2) is 0 Å². The Labute approximate surface area is 102 Å². The third-order valence-corrected chi connectivity index (χ3v) is 3.25. The van der Waals surface area contributed by atoms with Gasteiger partial charge in [-0.15, -0.1) is 0 Å². The maximum absolute atomic E-state index is 11.3. The molecule has 0 aliphatic heterocycles. The van der Waals surface area contributed by atoms with E-state index in [4.69, 9.17) is 0 Å². The molecule has 2 aromatic heterocycles. The molecule has 2 heterocycles. The monoisotopic (exact) mass is 235 g/mol. The molecule has 4 aromatic rings. The Hall–Kier alpha value is -2.62. The molecule has 0 aliphatic rings. The molecule has 0 atom stereocenters. The minimum atomic E-state index is 0.660. The van der Waals surface area contributed by atoms with Crippen molar-refractivity contribution in [2.45, 2.75) is 0 Å². The van der Waals surface area contributed by atoms with Crippen LogP contribution in [-0.2, 0) is 4.79 Å². The Morgan fingerprint density at radius 2 is 1.56 bits per heavy atom. The van der Waals surface area contributed by atoms with Crippen molar-refractivity contribution < 1.29 is 4.79 Å². The molecular formula is C14H9N3O. The number of hydrogen-bond donors (Lipinski definition) is 0. The average Bonchev–Trinajstić information content (AvgIpc) is 2.92. The number of aromatic nitrogens is 3. The summed E-state index contributed by atoms with van der Waals surface area (Å²) < 4.78 is 3.59. The average molecular weight is 235 g/mol. The van der Waals surface area contributed by atoms with Crippen molar-refractivity contribution in [3.8, 4) is 0 Å². The van der Waals surface area contributed by atoms with Crippen LogP contribution in [0.1, 0.15) is 0 Å². The van der Waals surface area contributed by atoms with E-state index in [0.29, 0.717) is 5.78 Å². The summed E-state index contributed by atoms with van der Waals surface area (Å²) in [6.45, 7) is 0. The van der Waals surface area contributed by atoms with Crippen molar-refractivity contribution in [3.05, 3.63) is 48.5 Å². The highest BCUT2D eigenvalue weighted by Crippen LogP contribution is 2.24. The van der Waals surface area contributed by atoms with E-state index >= 15 is 0 Å². The first-order valence-electron chi connectivity index (χ1n) is 5.71. The molecule has 2 aromatic carbocycles. The quantitative estimate of drug-likeness (QED) is 0.475. The Balaban J connectivity index is 2.40. The molecule has 0 spiro atoms. The molecule has 0 N–H and O–H groups in total. The highest BCUT2D eigenvalue weighted by Gasteiger charge is 2.14. The van der Waals surface area contributed by atoms with Crippen molar-refractivity contribution in [1.29, 1.82) is 0 Å². The molecule has 86 valence electrons. The zero-order valence-corrected chi connectivity index (χ0v) is 9.45. The zero-order chi connectivity index (χ0) is 12.1. The maximum Gasteiger partial charge on any atom is 0.222 e. The molecule has 0 unspecified atom stereocenters. The number of carbonyl (C=O) groups excluding carboxylic acids is 1. The summed E-state index contributed by atoms with van der Waals surface area (Å²) in [5.41, 5.74) is 3.78. The first-order valence-corrected chi connectivity index (χ1v) is 5.71. The largest absolute Gasteiger partial charge is 0.278 e. The minimum absolute atomic E-state index is 0.660. The van der Waals surface area contributed by atoms with E-state index in [-0.39, 0.29) is 0 Å². The second-order valence-corrected chi connectivity index (χ2v) is 4.20. The standard InChI is InChI=1S/C14H9N3O/c18-9-16-12-7-3-4-8-13(12)17-11-6-2-1-5-10(11)15-14(16)17/h1-9H. The van der Waals surface area contributed by atoms with Crippen LogP contribution in [0.2, 0.25) is 0 Å².